The zero-order chi connectivity index (χ0) is 22.7. The summed E-state index contributed by atoms with van der Waals surface area (Å²) in [7, 11) is -0.662. The highest BCUT2D eigenvalue weighted by Crippen LogP contribution is 2.19. The molecule has 32 heavy (non-hydrogen) atoms. The maximum atomic E-state index is 12.7. The Labute approximate surface area is 186 Å². The molecule has 0 saturated heterocycles. The number of carbonyl (C=O) groups excluding carboxylic acids is 1. The Hall–Kier alpha value is -3.56. The average Bonchev–Trinajstić information content (AvgIpc) is 3.20. The van der Waals surface area contributed by atoms with Crippen LogP contribution in [0.1, 0.15) is 21.5 Å². The second kappa shape index (κ2) is 8.89. The lowest BCUT2D eigenvalue weighted by Crippen LogP contribution is -2.27. The van der Waals surface area contributed by atoms with Crippen molar-refractivity contribution < 1.29 is 13.2 Å². The van der Waals surface area contributed by atoms with Gasteiger partial charge in [0.05, 0.1) is 23.2 Å². The van der Waals surface area contributed by atoms with Gasteiger partial charge in [-0.3, -0.25) is 4.79 Å². The number of aromatic nitrogens is 3. The molecule has 1 N–H and O–H groups in total. The van der Waals surface area contributed by atoms with E-state index in [2.05, 4.69) is 15.4 Å². The second-order valence-electron chi connectivity index (χ2n) is 7.50. The Morgan fingerprint density at radius 1 is 1.03 bits per heavy atom. The maximum Gasteiger partial charge on any atom is 0.253 e. The van der Waals surface area contributed by atoms with Gasteiger partial charge in [-0.15, -0.1) is 0 Å². The first-order valence-corrected chi connectivity index (χ1v) is 11.4. The number of benzene rings is 2. The minimum Gasteiger partial charge on any atom is -0.348 e. The Morgan fingerprint density at radius 2 is 1.75 bits per heavy atom. The van der Waals surface area contributed by atoms with Gasteiger partial charge in [-0.2, -0.15) is 5.10 Å². The van der Waals surface area contributed by atoms with E-state index in [1.165, 1.54) is 26.4 Å². The van der Waals surface area contributed by atoms with Gasteiger partial charge in [-0.05, 0) is 23.3 Å². The zero-order valence-corrected chi connectivity index (χ0v) is 18.6. The molecule has 0 unspecified atom stereocenters. The Kier molecular flexibility index (Phi) is 6.02. The standard InChI is InChI=1S/C23H23N5O3S/c1-27(2)32(30,31)21-11-7-6-10-18(21)13-25-23(29)20-12-19-15-26-28(22(19)24-14-20)16-17-8-4-3-5-9-17/h3-12,14-15H,13,16H2,1-2H3,(H,25,29). The molecule has 0 aliphatic heterocycles. The summed E-state index contributed by atoms with van der Waals surface area (Å²) in [5.74, 6) is -0.340. The van der Waals surface area contributed by atoms with Crippen LogP contribution in [-0.4, -0.2) is 47.5 Å². The normalized spacial score (nSPS) is 11.7. The molecule has 4 rings (SSSR count). The molecule has 2 aromatic heterocycles. The fraction of sp³-hybridized carbons (Fsp3) is 0.174. The minimum atomic E-state index is -3.61. The number of sulfonamides is 1. The van der Waals surface area contributed by atoms with Crippen molar-refractivity contribution in [3.05, 3.63) is 89.7 Å². The molecule has 2 heterocycles. The van der Waals surface area contributed by atoms with E-state index < -0.39 is 10.0 Å². The number of hydrogen-bond donors (Lipinski definition) is 1. The molecule has 2 aromatic carbocycles. The third-order valence-corrected chi connectivity index (χ3v) is 7.00. The SMILES string of the molecule is CN(C)S(=O)(=O)c1ccccc1CNC(=O)c1cnc2c(cnn2Cc2ccccc2)c1. The van der Waals surface area contributed by atoms with Crippen LogP contribution in [0.5, 0.6) is 0 Å². The molecule has 0 aliphatic rings. The van der Waals surface area contributed by atoms with Crippen molar-refractivity contribution in [1.29, 1.82) is 0 Å². The quantitative estimate of drug-likeness (QED) is 0.468. The average molecular weight is 450 g/mol. The summed E-state index contributed by atoms with van der Waals surface area (Å²) in [6.45, 7) is 0.660. The third-order valence-electron chi connectivity index (χ3n) is 5.08. The molecule has 9 heteroatoms. The van der Waals surface area contributed by atoms with E-state index in [1.807, 2.05) is 30.3 Å². The van der Waals surface area contributed by atoms with Gasteiger partial charge in [0, 0.05) is 32.2 Å². The van der Waals surface area contributed by atoms with Gasteiger partial charge in [-0.25, -0.2) is 22.4 Å². The van der Waals surface area contributed by atoms with E-state index in [0.717, 1.165) is 15.3 Å². The first kappa shape index (κ1) is 21.7. The first-order valence-electron chi connectivity index (χ1n) is 10.0. The van der Waals surface area contributed by atoms with Gasteiger partial charge >= 0.3 is 0 Å². The van der Waals surface area contributed by atoms with Crippen molar-refractivity contribution in [3.63, 3.8) is 0 Å². The molecule has 1 amide bonds. The lowest BCUT2D eigenvalue weighted by molar-refractivity contribution is 0.0950. The van der Waals surface area contributed by atoms with Crippen LogP contribution in [0.25, 0.3) is 11.0 Å². The summed E-state index contributed by atoms with van der Waals surface area (Å²) in [6, 6.07) is 18.3. The van der Waals surface area contributed by atoms with Crippen LogP contribution in [0, 0.1) is 0 Å². The number of nitrogens with zero attached hydrogens (tertiary/aromatic N) is 4. The fourth-order valence-electron chi connectivity index (χ4n) is 3.34. The van der Waals surface area contributed by atoms with Gasteiger partial charge in [0.1, 0.15) is 0 Å². The summed E-state index contributed by atoms with van der Waals surface area (Å²) >= 11 is 0. The third kappa shape index (κ3) is 4.39. The van der Waals surface area contributed by atoms with E-state index >= 15 is 0 Å². The van der Waals surface area contributed by atoms with Gasteiger partial charge in [0.15, 0.2) is 5.65 Å². The molecule has 0 bridgehead atoms. The maximum absolute atomic E-state index is 12.7. The highest BCUT2D eigenvalue weighted by Gasteiger charge is 2.21. The van der Waals surface area contributed by atoms with Crippen LogP contribution in [0.4, 0.5) is 0 Å². The summed E-state index contributed by atoms with van der Waals surface area (Å²) in [4.78, 5) is 17.3. The number of amides is 1. The predicted molar refractivity (Wildman–Crippen MR) is 122 cm³/mol. The van der Waals surface area contributed by atoms with Crippen LogP contribution in [0.2, 0.25) is 0 Å². The summed E-state index contributed by atoms with van der Waals surface area (Å²) in [5.41, 5.74) is 2.68. The van der Waals surface area contributed by atoms with Crippen molar-refractivity contribution >= 4 is 27.0 Å². The van der Waals surface area contributed by atoms with E-state index in [0.29, 0.717) is 23.3 Å². The number of hydrogen-bond acceptors (Lipinski definition) is 5. The van der Waals surface area contributed by atoms with Gasteiger partial charge in [0.25, 0.3) is 5.91 Å². The van der Waals surface area contributed by atoms with Gasteiger partial charge < -0.3 is 5.32 Å². The summed E-state index contributed by atoms with van der Waals surface area (Å²) in [5, 5.41) is 7.93. The van der Waals surface area contributed by atoms with Crippen molar-refractivity contribution in [2.45, 2.75) is 18.0 Å². The highest BCUT2D eigenvalue weighted by molar-refractivity contribution is 7.89. The van der Waals surface area contributed by atoms with Crippen LogP contribution in [0.3, 0.4) is 0 Å². The Morgan fingerprint density at radius 3 is 2.50 bits per heavy atom. The monoisotopic (exact) mass is 449 g/mol. The van der Waals surface area contributed by atoms with Crippen LogP contribution in [-0.2, 0) is 23.1 Å². The topological polar surface area (TPSA) is 97.2 Å². The molecule has 164 valence electrons. The smallest absolute Gasteiger partial charge is 0.253 e. The molecule has 0 fully saturated rings. The minimum absolute atomic E-state index is 0.0768. The summed E-state index contributed by atoms with van der Waals surface area (Å²) < 4.78 is 28.0. The summed E-state index contributed by atoms with van der Waals surface area (Å²) in [6.07, 6.45) is 3.18. The molecule has 0 spiro atoms. The zero-order valence-electron chi connectivity index (χ0n) is 17.8. The van der Waals surface area contributed by atoms with E-state index in [-0.39, 0.29) is 17.3 Å². The van der Waals surface area contributed by atoms with Crippen molar-refractivity contribution in [1.82, 2.24) is 24.4 Å². The Bertz CT molecular complexity index is 1360. The molecular weight excluding hydrogens is 426 g/mol. The van der Waals surface area contributed by atoms with Crippen LogP contribution < -0.4 is 5.32 Å². The molecule has 4 aromatic rings. The lowest BCUT2D eigenvalue weighted by atomic mass is 10.2. The molecule has 0 radical (unpaired) electrons. The van der Waals surface area contributed by atoms with E-state index in [4.69, 9.17) is 0 Å². The second-order valence-corrected chi connectivity index (χ2v) is 9.62. The van der Waals surface area contributed by atoms with E-state index in [9.17, 15) is 13.2 Å². The highest BCUT2D eigenvalue weighted by atomic mass is 32.2. The van der Waals surface area contributed by atoms with Crippen LogP contribution in [0.15, 0.2) is 78.0 Å². The molecule has 0 atom stereocenters. The van der Waals surface area contributed by atoms with Gasteiger partial charge in [0.2, 0.25) is 10.0 Å². The van der Waals surface area contributed by atoms with Gasteiger partial charge in [-0.1, -0.05) is 48.5 Å². The Balaban J connectivity index is 1.51. The number of fused-ring (bicyclic) bond motifs is 1. The van der Waals surface area contributed by atoms with Crippen molar-refractivity contribution in [2.24, 2.45) is 0 Å². The van der Waals surface area contributed by atoms with Crippen LogP contribution >= 0.6 is 0 Å². The first-order chi connectivity index (χ1) is 15.4. The van der Waals surface area contributed by atoms with Crippen molar-refractivity contribution in [2.75, 3.05) is 14.1 Å². The number of pyridine rings is 1. The number of nitrogens with one attached hydrogen (secondary N) is 1. The number of rotatable bonds is 7. The predicted octanol–water partition coefficient (Wildman–Crippen LogP) is 2.66. The van der Waals surface area contributed by atoms with Crippen molar-refractivity contribution in [3.8, 4) is 0 Å². The molecule has 0 aliphatic carbocycles. The molecule has 0 saturated carbocycles. The molecular formula is C23H23N5O3S. The molecule has 8 nitrogen and oxygen atoms in total. The number of carbonyl (C=O) groups is 1. The fourth-order valence-corrected chi connectivity index (χ4v) is 4.46. The largest absolute Gasteiger partial charge is 0.348 e. The lowest BCUT2D eigenvalue weighted by Gasteiger charge is -2.15. The van der Waals surface area contributed by atoms with E-state index in [1.54, 1.807) is 35.1 Å².